The zero-order valence-electron chi connectivity index (χ0n) is 13.0. The maximum Gasteiger partial charge on any atom is 0.237 e. The molecule has 1 aliphatic heterocycles. The molecule has 0 bridgehead atoms. The van der Waals surface area contributed by atoms with Gasteiger partial charge in [-0.05, 0) is 46.1 Å². The van der Waals surface area contributed by atoms with Crippen LogP contribution in [0.3, 0.4) is 0 Å². The molecule has 2 aliphatic rings. The van der Waals surface area contributed by atoms with E-state index in [0.717, 1.165) is 45.3 Å². The van der Waals surface area contributed by atoms with Crippen molar-refractivity contribution in [1.82, 2.24) is 10.2 Å². The number of hydrogen-bond acceptors (Lipinski definition) is 4. The molecule has 0 aromatic heterocycles. The highest BCUT2D eigenvalue weighted by molar-refractivity contribution is 5.84. The molecule has 2 rings (SSSR count). The number of amides is 1. The number of primary amides is 1. The summed E-state index contributed by atoms with van der Waals surface area (Å²) in [5.74, 6) is -0.209. The quantitative estimate of drug-likeness (QED) is 0.803. The van der Waals surface area contributed by atoms with E-state index in [9.17, 15) is 4.79 Å². The summed E-state index contributed by atoms with van der Waals surface area (Å²) in [5.41, 5.74) is 5.13. The predicted molar refractivity (Wildman–Crippen MR) is 79.4 cm³/mol. The maximum atomic E-state index is 11.9. The van der Waals surface area contributed by atoms with Crippen LogP contribution in [0, 0.1) is 0 Å². The summed E-state index contributed by atoms with van der Waals surface area (Å²) < 4.78 is 5.78. The largest absolute Gasteiger partial charge is 0.376 e. The average Bonchev–Trinajstić information content (AvgIpc) is 2.47. The normalized spacial score (nSPS) is 39.6. The van der Waals surface area contributed by atoms with Crippen molar-refractivity contribution in [2.24, 2.45) is 5.73 Å². The molecule has 20 heavy (non-hydrogen) atoms. The highest BCUT2D eigenvalue weighted by Crippen LogP contribution is 2.33. The summed E-state index contributed by atoms with van der Waals surface area (Å²) in [5, 5.41) is 3.20. The Kier molecular flexibility index (Phi) is 5.04. The first-order valence-corrected chi connectivity index (χ1v) is 7.88. The number of rotatable bonds is 4. The number of nitrogens with zero attached hydrogens (tertiary/aromatic N) is 1. The Bertz CT molecular complexity index is 350. The number of likely N-dealkylation sites (N-methyl/N-ethyl adjacent to an activating group) is 1. The third-order valence-electron chi connectivity index (χ3n) is 5.13. The fraction of sp³-hybridized carbons (Fsp3) is 0.933. The van der Waals surface area contributed by atoms with Gasteiger partial charge in [-0.15, -0.1) is 0 Å². The molecule has 4 atom stereocenters. The molecule has 5 nitrogen and oxygen atoms in total. The molecule has 1 saturated carbocycles. The lowest BCUT2D eigenvalue weighted by atomic mass is 9.77. The van der Waals surface area contributed by atoms with Crippen LogP contribution in [0.2, 0.25) is 0 Å². The van der Waals surface area contributed by atoms with Gasteiger partial charge in [0, 0.05) is 18.6 Å². The van der Waals surface area contributed by atoms with Crippen LogP contribution in [-0.2, 0) is 9.53 Å². The van der Waals surface area contributed by atoms with Crippen molar-refractivity contribution in [3.8, 4) is 0 Å². The van der Waals surface area contributed by atoms with Gasteiger partial charge in [-0.25, -0.2) is 0 Å². The van der Waals surface area contributed by atoms with Gasteiger partial charge in [0.1, 0.15) is 0 Å². The highest BCUT2D eigenvalue weighted by atomic mass is 16.5. The van der Waals surface area contributed by atoms with E-state index in [2.05, 4.69) is 24.1 Å². The fourth-order valence-corrected chi connectivity index (χ4v) is 3.77. The van der Waals surface area contributed by atoms with Crippen LogP contribution in [0.1, 0.15) is 46.0 Å². The van der Waals surface area contributed by atoms with Crippen LogP contribution in [0.15, 0.2) is 0 Å². The molecule has 0 spiro atoms. The standard InChI is InChI=1S/C15H29N3O2/c1-4-12-10-20-11(2)9-18(12)13-6-5-7-15(8-13,17-3)14(16)19/h11-13,17H,4-10H2,1-3H3,(H2,16,19). The lowest BCUT2D eigenvalue weighted by Gasteiger charge is -2.48. The van der Waals surface area contributed by atoms with Crippen molar-refractivity contribution in [3.63, 3.8) is 0 Å². The molecule has 1 saturated heterocycles. The predicted octanol–water partition coefficient (Wildman–Crippen LogP) is 0.872. The van der Waals surface area contributed by atoms with Gasteiger partial charge in [-0.3, -0.25) is 9.69 Å². The van der Waals surface area contributed by atoms with Crippen LogP contribution in [0.25, 0.3) is 0 Å². The lowest BCUT2D eigenvalue weighted by Crippen LogP contribution is -2.62. The molecule has 1 aliphatic carbocycles. The zero-order valence-corrected chi connectivity index (χ0v) is 13.0. The molecule has 0 radical (unpaired) electrons. The van der Waals surface area contributed by atoms with Gasteiger partial charge in [-0.2, -0.15) is 0 Å². The Morgan fingerprint density at radius 1 is 1.55 bits per heavy atom. The van der Waals surface area contributed by atoms with Crippen LogP contribution in [0.5, 0.6) is 0 Å². The monoisotopic (exact) mass is 283 g/mol. The van der Waals surface area contributed by atoms with E-state index in [1.54, 1.807) is 0 Å². The molecule has 3 N–H and O–H groups in total. The van der Waals surface area contributed by atoms with Crippen molar-refractivity contribution in [2.75, 3.05) is 20.2 Å². The minimum atomic E-state index is -0.525. The number of carbonyl (C=O) groups is 1. The Morgan fingerprint density at radius 2 is 2.30 bits per heavy atom. The van der Waals surface area contributed by atoms with Gasteiger partial charge < -0.3 is 15.8 Å². The SMILES string of the molecule is CCC1COC(C)CN1C1CCCC(NC)(C(N)=O)C1. The Balaban J connectivity index is 2.12. The summed E-state index contributed by atoms with van der Waals surface area (Å²) in [6.45, 7) is 6.10. The molecule has 1 heterocycles. The van der Waals surface area contributed by atoms with E-state index in [-0.39, 0.29) is 12.0 Å². The van der Waals surface area contributed by atoms with E-state index in [1.807, 2.05) is 7.05 Å². The maximum absolute atomic E-state index is 11.9. The van der Waals surface area contributed by atoms with E-state index in [0.29, 0.717) is 12.1 Å². The van der Waals surface area contributed by atoms with Gasteiger partial charge in [0.2, 0.25) is 5.91 Å². The second-order valence-corrected chi connectivity index (χ2v) is 6.35. The third kappa shape index (κ3) is 3.00. The van der Waals surface area contributed by atoms with Crippen molar-refractivity contribution < 1.29 is 9.53 Å². The minimum Gasteiger partial charge on any atom is -0.376 e. The number of nitrogens with two attached hydrogens (primary N) is 1. The molecule has 0 aromatic rings. The number of hydrogen-bond donors (Lipinski definition) is 2. The first kappa shape index (κ1) is 15.7. The van der Waals surface area contributed by atoms with E-state index in [4.69, 9.17) is 10.5 Å². The molecular weight excluding hydrogens is 254 g/mol. The van der Waals surface area contributed by atoms with Gasteiger partial charge in [0.15, 0.2) is 0 Å². The molecule has 5 heteroatoms. The summed E-state index contributed by atoms with van der Waals surface area (Å²) in [6.07, 6.45) is 5.24. The lowest BCUT2D eigenvalue weighted by molar-refractivity contribution is -0.128. The number of ether oxygens (including phenoxy) is 1. The van der Waals surface area contributed by atoms with E-state index >= 15 is 0 Å². The number of carbonyl (C=O) groups excluding carboxylic acids is 1. The third-order valence-corrected chi connectivity index (χ3v) is 5.13. The number of nitrogens with one attached hydrogen (secondary N) is 1. The molecule has 1 amide bonds. The minimum absolute atomic E-state index is 0.209. The van der Waals surface area contributed by atoms with Crippen molar-refractivity contribution >= 4 is 5.91 Å². The summed E-state index contributed by atoms with van der Waals surface area (Å²) in [6, 6.07) is 0.900. The highest BCUT2D eigenvalue weighted by Gasteiger charge is 2.43. The first-order valence-electron chi connectivity index (χ1n) is 7.88. The van der Waals surface area contributed by atoms with Crippen LogP contribution in [0.4, 0.5) is 0 Å². The Morgan fingerprint density at radius 3 is 2.90 bits per heavy atom. The van der Waals surface area contributed by atoms with E-state index < -0.39 is 5.54 Å². The Hall–Kier alpha value is -0.650. The summed E-state index contributed by atoms with van der Waals surface area (Å²) in [4.78, 5) is 14.4. The second kappa shape index (κ2) is 6.41. The van der Waals surface area contributed by atoms with Crippen molar-refractivity contribution in [3.05, 3.63) is 0 Å². The fourth-order valence-electron chi connectivity index (χ4n) is 3.77. The summed E-state index contributed by atoms with van der Waals surface area (Å²) in [7, 11) is 1.85. The molecule has 2 fully saturated rings. The van der Waals surface area contributed by atoms with Crippen LogP contribution in [-0.4, -0.2) is 54.7 Å². The molecule has 4 unspecified atom stereocenters. The smallest absolute Gasteiger partial charge is 0.237 e. The zero-order chi connectivity index (χ0) is 14.8. The molecular formula is C15H29N3O2. The topological polar surface area (TPSA) is 67.6 Å². The second-order valence-electron chi connectivity index (χ2n) is 6.35. The average molecular weight is 283 g/mol. The first-order chi connectivity index (χ1) is 9.52. The van der Waals surface area contributed by atoms with Gasteiger partial charge >= 0.3 is 0 Å². The van der Waals surface area contributed by atoms with Crippen LogP contribution < -0.4 is 11.1 Å². The number of morpholine rings is 1. The van der Waals surface area contributed by atoms with Gasteiger partial charge in [0.25, 0.3) is 0 Å². The Labute approximate surface area is 122 Å². The molecule has 116 valence electrons. The molecule has 0 aromatic carbocycles. The van der Waals surface area contributed by atoms with Gasteiger partial charge in [0.05, 0.1) is 18.2 Å². The van der Waals surface area contributed by atoms with Crippen molar-refractivity contribution in [1.29, 1.82) is 0 Å². The van der Waals surface area contributed by atoms with E-state index in [1.165, 1.54) is 0 Å². The van der Waals surface area contributed by atoms with Gasteiger partial charge in [-0.1, -0.05) is 6.92 Å². The van der Waals surface area contributed by atoms with Crippen LogP contribution >= 0.6 is 0 Å². The van der Waals surface area contributed by atoms with Crippen molar-refractivity contribution in [2.45, 2.75) is 69.7 Å². The summed E-state index contributed by atoms with van der Waals surface area (Å²) >= 11 is 0.